The molecule has 2 N–H and O–H groups in total. The monoisotopic (exact) mass is 483 g/mol. The Morgan fingerprint density at radius 2 is 1.47 bits per heavy atom. The van der Waals surface area contributed by atoms with Gasteiger partial charge in [-0.3, -0.25) is 14.4 Å². The van der Waals surface area contributed by atoms with Gasteiger partial charge in [-0.2, -0.15) is 0 Å². The van der Waals surface area contributed by atoms with Gasteiger partial charge in [-0.25, -0.2) is 0 Å². The first-order chi connectivity index (χ1) is 17.5. The maximum Gasteiger partial charge on any atom is 0.255 e. The van der Waals surface area contributed by atoms with Crippen molar-refractivity contribution in [1.29, 1.82) is 0 Å². The molecule has 6 nitrogen and oxygen atoms in total. The third-order valence-corrected chi connectivity index (χ3v) is 6.64. The van der Waals surface area contributed by atoms with Gasteiger partial charge in [-0.05, 0) is 74.6 Å². The molecular formula is C30H33N3O3. The van der Waals surface area contributed by atoms with Crippen molar-refractivity contribution < 1.29 is 14.4 Å². The molecule has 3 aromatic carbocycles. The summed E-state index contributed by atoms with van der Waals surface area (Å²) >= 11 is 0. The second-order valence-electron chi connectivity index (χ2n) is 9.34. The van der Waals surface area contributed by atoms with Crippen LogP contribution in [0.4, 0.5) is 5.69 Å². The lowest BCUT2D eigenvalue weighted by atomic mass is 9.95. The molecule has 0 aliphatic carbocycles. The van der Waals surface area contributed by atoms with Crippen molar-refractivity contribution in [1.82, 2.24) is 10.2 Å². The van der Waals surface area contributed by atoms with E-state index in [1.807, 2.05) is 37.3 Å². The molecule has 3 aromatic rings. The number of carbonyl (C=O) groups is 3. The summed E-state index contributed by atoms with van der Waals surface area (Å²) in [6.07, 6.45) is 3.19. The van der Waals surface area contributed by atoms with Gasteiger partial charge in [0.05, 0.1) is 0 Å². The van der Waals surface area contributed by atoms with Crippen LogP contribution in [-0.2, 0) is 11.2 Å². The number of anilines is 1. The molecule has 1 aliphatic heterocycles. The predicted octanol–water partition coefficient (Wildman–Crippen LogP) is 4.85. The number of carbonyl (C=O) groups excluding carboxylic acids is 3. The minimum Gasteiger partial charge on any atom is -0.356 e. The minimum absolute atomic E-state index is 0.0480. The number of nitrogens with zero attached hydrogens (tertiary/aromatic N) is 1. The summed E-state index contributed by atoms with van der Waals surface area (Å²) in [6, 6.07) is 24.6. The number of rotatable bonds is 8. The summed E-state index contributed by atoms with van der Waals surface area (Å²) in [7, 11) is 0. The zero-order chi connectivity index (χ0) is 25.3. The molecule has 0 atom stereocenters. The first-order valence-corrected chi connectivity index (χ1v) is 12.6. The third kappa shape index (κ3) is 6.81. The van der Waals surface area contributed by atoms with Crippen LogP contribution in [0.25, 0.3) is 0 Å². The standard InChI is InChI=1S/C30H33N3O3/c1-22-9-11-24(12-10-22)29(35)32-27-15-13-26(14-16-27)30(36)33-20-17-25(18-21-33)28(34)31-19-5-8-23-6-3-2-4-7-23/h2-4,6-7,9-16,25H,5,8,17-21H2,1H3,(H,31,34)(H,32,35). The molecule has 1 fully saturated rings. The molecular weight excluding hydrogens is 450 g/mol. The summed E-state index contributed by atoms with van der Waals surface area (Å²) in [6.45, 7) is 3.77. The Labute approximate surface area is 212 Å². The average molecular weight is 484 g/mol. The highest BCUT2D eigenvalue weighted by Crippen LogP contribution is 2.20. The van der Waals surface area contributed by atoms with Crippen molar-refractivity contribution >= 4 is 23.4 Å². The first kappa shape index (κ1) is 25.2. The van der Waals surface area contributed by atoms with Crippen molar-refractivity contribution in [3.05, 3.63) is 101 Å². The van der Waals surface area contributed by atoms with Gasteiger partial charge in [0, 0.05) is 42.4 Å². The first-order valence-electron chi connectivity index (χ1n) is 12.6. The number of amides is 3. The topological polar surface area (TPSA) is 78.5 Å². The number of hydrogen-bond donors (Lipinski definition) is 2. The van der Waals surface area contributed by atoms with Crippen molar-refractivity contribution in [2.75, 3.05) is 25.0 Å². The Morgan fingerprint density at radius 3 is 2.14 bits per heavy atom. The van der Waals surface area contributed by atoms with Crippen LogP contribution in [0.5, 0.6) is 0 Å². The van der Waals surface area contributed by atoms with E-state index in [0.717, 1.165) is 18.4 Å². The number of nitrogens with one attached hydrogen (secondary N) is 2. The SMILES string of the molecule is Cc1ccc(C(=O)Nc2ccc(C(=O)N3CCC(C(=O)NCCCc4ccccc4)CC3)cc2)cc1. The van der Waals surface area contributed by atoms with Crippen LogP contribution in [0.15, 0.2) is 78.9 Å². The fourth-order valence-electron chi connectivity index (χ4n) is 4.42. The number of benzene rings is 3. The second-order valence-corrected chi connectivity index (χ2v) is 9.34. The summed E-state index contributed by atoms with van der Waals surface area (Å²) in [5, 5.41) is 5.92. The van der Waals surface area contributed by atoms with Gasteiger partial charge in [-0.1, -0.05) is 48.0 Å². The van der Waals surface area contributed by atoms with Gasteiger partial charge in [-0.15, -0.1) is 0 Å². The highest BCUT2D eigenvalue weighted by atomic mass is 16.2. The van der Waals surface area contributed by atoms with Gasteiger partial charge in [0.1, 0.15) is 0 Å². The molecule has 36 heavy (non-hydrogen) atoms. The van der Waals surface area contributed by atoms with E-state index in [9.17, 15) is 14.4 Å². The molecule has 1 aliphatic rings. The Kier molecular flexibility index (Phi) is 8.50. The van der Waals surface area contributed by atoms with E-state index in [1.165, 1.54) is 5.56 Å². The lowest BCUT2D eigenvalue weighted by Gasteiger charge is -2.31. The normalized spacial score (nSPS) is 13.8. The molecule has 4 rings (SSSR count). The Bertz CT molecular complexity index is 1170. The van der Waals surface area contributed by atoms with E-state index in [1.54, 1.807) is 41.3 Å². The van der Waals surface area contributed by atoms with Crippen molar-refractivity contribution in [3.8, 4) is 0 Å². The maximum atomic E-state index is 12.9. The van der Waals surface area contributed by atoms with Gasteiger partial charge in [0.25, 0.3) is 11.8 Å². The van der Waals surface area contributed by atoms with E-state index < -0.39 is 0 Å². The second kappa shape index (κ2) is 12.2. The average Bonchev–Trinajstić information content (AvgIpc) is 2.92. The zero-order valence-corrected chi connectivity index (χ0v) is 20.7. The van der Waals surface area contributed by atoms with Crippen LogP contribution in [0.1, 0.15) is 51.1 Å². The van der Waals surface area contributed by atoms with Crippen molar-refractivity contribution in [2.45, 2.75) is 32.6 Å². The predicted molar refractivity (Wildman–Crippen MR) is 142 cm³/mol. The number of piperidine rings is 1. The van der Waals surface area contributed by atoms with E-state index in [-0.39, 0.29) is 23.6 Å². The van der Waals surface area contributed by atoms with Gasteiger partial charge in [0.15, 0.2) is 0 Å². The van der Waals surface area contributed by atoms with Crippen LogP contribution >= 0.6 is 0 Å². The fraction of sp³-hybridized carbons (Fsp3) is 0.300. The van der Waals surface area contributed by atoms with Gasteiger partial charge in [0.2, 0.25) is 5.91 Å². The molecule has 0 radical (unpaired) electrons. The van der Waals surface area contributed by atoms with Crippen molar-refractivity contribution in [2.24, 2.45) is 5.92 Å². The minimum atomic E-state index is -0.186. The molecule has 1 heterocycles. The molecule has 6 heteroatoms. The summed E-state index contributed by atoms with van der Waals surface area (Å²) in [5.41, 5.74) is 4.17. The van der Waals surface area contributed by atoms with Crippen LogP contribution in [0.2, 0.25) is 0 Å². The molecule has 3 amide bonds. The van der Waals surface area contributed by atoms with Crippen LogP contribution in [0.3, 0.4) is 0 Å². The summed E-state index contributed by atoms with van der Waals surface area (Å²) in [5.74, 6) is -0.198. The quantitative estimate of drug-likeness (QED) is 0.450. The van der Waals surface area contributed by atoms with E-state index in [4.69, 9.17) is 0 Å². The maximum absolute atomic E-state index is 12.9. The van der Waals surface area contributed by atoms with Crippen LogP contribution in [0, 0.1) is 12.8 Å². The lowest BCUT2D eigenvalue weighted by Crippen LogP contribution is -2.43. The number of aryl methyl sites for hydroxylation is 2. The Balaban J connectivity index is 1.20. The molecule has 0 spiro atoms. The van der Waals surface area contributed by atoms with E-state index in [0.29, 0.717) is 49.3 Å². The van der Waals surface area contributed by atoms with E-state index >= 15 is 0 Å². The molecule has 1 saturated heterocycles. The van der Waals surface area contributed by atoms with Crippen LogP contribution < -0.4 is 10.6 Å². The van der Waals surface area contributed by atoms with Crippen LogP contribution in [-0.4, -0.2) is 42.3 Å². The molecule has 0 aromatic heterocycles. The molecule has 0 unspecified atom stereocenters. The number of likely N-dealkylation sites (tertiary alicyclic amines) is 1. The Hall–Kier alpha value is -3.93. The van der Waals surface area contributed by atoms with Gasteiger partial charge >= 0.3 is 0 Å². The fourth-order valence-corrected chi connectivity index (χ4v) is 4.42. The van der Waals surface area contributed by atoms with E-state index in [2.05, 4.69) is 22.8 Å². The number of hydrogen-bond acceptors (Lipinski definition) is 3. The van der Waals surface area contributed by atoms with Crippen molar-refractivity contribution in [3.63, 3.8) is 0 Å². The highest BCUT2D eigenvalue weighted by Gasteiger charge is 2.27. The molecule has 186 valence electrons. The summed E-state index contributed by atoms with van der Waals surface area (Å²) in [4.78, 5) is 39.7. The lowest BCUT2D eigenvalue weighted by molar-refractivity contribution is -0.126. The molecule has 0 bridgehead atoms. The zero-order valence-electron chi connectivity index (χ0n) is 20.7. The van der Waals surface area contributed by atoms with Gasteiger partial charge < -0.3 is 15.5 Å². The smallest absolute Gasteiger partial charge is 0.255 e. The highest BCUT2D eigenvalue weighted by molar-refractivity contribution is 6.04. The third-order valence-electron chi connectivity index (χ3n) is 6.64. The Morgan fingerprint density at radius 1 is 0.833 bits per heavy atom. The largest absolute Gasteiger partial charge is 0.356 e. The summed E-state index contributed by atoms with van der Waals surface area (Å²) < 4.78 is 0. The molecule has 0 saturated carbocycles.